The lowest BCUT2D eigenvalue weighted by Gasteiger charge is -2.23. The lowest BCUT2D eigenvalue weighted by Crippen LogP contribution is -2.23. The number of hydrogen-bond acceptors (Lipinski definition) is 4. The first kappa shape index (κ1) is 17.1. The highest BCUT2D eigenvalue weighted by molar-refractivity contribution is 7.09. The van der Waals surface area contributed by atoms with Crippen LogP contribution in [0, 0.1) is 0 Å². The highest BCUT2D eigenvalue weighted by Gasteiger charge is 2.21. The summed E-state index contributed by atoms with van der Waals surface area (Å²) >= 11 is 1.74. The Morgan fingerprint density at radius 2 is 2.12 bits per heavy atom. The van der Waals surface area contributed by atoms with Gasteiger partial charge in [0.05, 0.1) is 6.04 Å². The SMILES string of the molecule is CN(C)C(=O)CCc1nc(Cc2cccs2)nn1C1CCCCC1. The lowest BCUT2D eigenvalue weighted by molar-refractivity contribution is -0.128. The maximum Gasteiger partial charge on any atom is 0.222 e. The Morgan fingerprint density at radius 3 is 2.79 bits per heavy atom. The van der Waals surface area contributed by atoms with Crippen LogP contribution in [0.1, 0.15) is 61.1 Å². The summed E-state index contributed by atoms with van der Waals surface area (Å²) in [7, 11) is 3.60. The third-order valence-corrected chi connectivity index (χ3v) is 5.52. The molecule has 2 heterocycles. The summed E-state index contributed by atoms with van der Waals surface area (Å²) in [5.41, 5.74) is 0. The van der Waals surface area contributed by atoms with Gasteiger partial charge < -0.3 is 4.90 Å². The summed E-state index contributed by atoms with van der Waals surface area (Å²) in [5, 5.41) is 6.91. The molecule has 0 spiro atoms. The smallest absolute Gasteiger partial charge is 0.222 e. The van der Waals surface area contributed by atoms with Crippen LogP contribution in [0.25, 0.3) is 0 Å². The minimum Gasteiger partial charge on any atom is -0.349 e. The molecule has 1 aliphatic rings. The van der Waals surface area contributed by atoms with E-state index in [9.17, 15) is 4.79 Å². The molecule has 3 rings (SSSR count). The molecule has 0 atom stereocenters. The molecule has 1 aliphatic carbocycles. The second kappa shape index (κ2) is 7.92. The van der Waals surface area contributed by atoms with Gasteiger partial charge in [-0.1, -0.05) is 25.3 Å². The Hall–Kier alpha value is -1.69. The zero-order chi connectivity index (χ0) is 16.9. The minimum atomic E-state index is 0.146. The van der Waals surface area contributed by atoms with Crippen molar-refractivity contribution < 1.29 is 4.79 Å². The number of amides is 1. The van der Waals surface area contributed by atoms with Gasteiger partial charge in [-0.2, -0.15) is 5.10 Å². The van der Waals surface area contributed by atoms with Gasteiger partial charge in [0, 0.05) is 38.2 Å². The molecule has 2 aromatic heterocycles. The summed E-state index contributed by atoms with van der Waals surface area (Å²) in [4.78, 5) is 19.6. The van der Waals surface area contributed by atoms with Gasteiger partial charge in [0.2, 0.25) is 5.91 Å². The van der Waals surface area contributed by atoms with Crippen LogP contribution < -0.4 is 0 Å². The fourth-order valence-electron chi connectivity index (χ4n) is 3.28. The molecule has 5 nitrogen and oxygen atoms in total. The van der Waals surface area contributed by atoms with Crippen molar-refractivity contribution in [1.29, 1.82) is 0 Å². The number of rotatable bonds is 6. The monoisotopic (exact) mass is 346 g/mol. The summed E-state index contributed by atoms with van der Waals surface area (Å²) in [6.45, 7) is 0. The van der Waals surface area contributed by atoms with Gasteiger partial charge >= 0.3 is 0 Å². The highest BCUT2D eigenvalue weighted by atomic mass is 32.1. The fourth-order valence-corrected chi connectivity index (χ4v) is 3.98. The number of aromatic nitrogens is 3. The number of nitrogens with zero attached hydrogens (tertiary/aromatic N) is 4. The quantitative estimate of drug-likeness (QED) is 0.805. The van der Waals surface area contributed by atoms with E-state index < -0.39 is 0 Å². The molecule has 0 bridgehead atoms. The summed E-state index contributed by atoms with van der Waals surface area (Å²) in [6.07, 6.45) is 8.16. The Balaban J connectivity index is 1.77. The molecule has 1 saturated carbocycles. The Kier molecular flexibility index (Phi) is 5.66. The summed E-state index contributed by atoms with van der Waals surface area (Å²) in [5.74, 6) is 2.01. The van der Waals surface area contributed by atoms with E-state index in [0.29, 0.717) is 18.9 Å². The molecule has 0 radical (unpaired) electrons. The van der Waals surface area contributed by atoms with Crippen molar-refractivity contribution in [2.75, 3.05) is 14.1 Å². The average Bonchev–Trinajstić information content (AvgIpc) is 3.23. The molecule has 0 saturated heterocycles. The van der Waals surface area contributed by atoms with Crippen LogP contribution in [0.3, 0.4) is 0 Å². The number of hydrogen-bond donors (Lipinski definition) is 0. The topological polar surface area (TPSA) is 51.0 Å². The van der Waals surface area contributed by atoms with Crippen molar-refractivity contribution in [1.82, 2.24) is 19.7 Å². The van der Waals surface area contributed by atoms with Crippen molar-refractivity contribution >= 4 is 17.2 Å². The van der Waals surface area contributed by atoms with Gasteiger partial charge in [-0.3, -0.25) is 4.79 Å². The maximum absolute atomic E-state index is 11.9. The van der Waals surface area contributed by atoms with E-state index in [1.807, 2.05) is 0 Å². The number of carbonyl (C=O) groups is 1. The van der Waals surface area contributed by atoms with Crippen LogP contribution in [-0.2, 0) is 17.6 Å². The third kappa shape index (κ3) is 4.23. The Morgan fingerprint density at radius 1 is 1.33 bits per heavy atom. The molecule has 1 fully saturated rings. The second-order valence-corrected chi connectivity index (χ2v) is 7.76. The normalized spacial score (nSPS) is 15.6. The van der Waals surface area contributed by atoms with Gasteiger partial charge in [0.25, 0.3) is 0 Å². The summed E-state index contributed by atoms with van der Waals surface area (Å²) < 4.78 is 2.13. The molecule has 1 amide bonds. The van der Waals surface area contributed by atoms with E-state index in [1.54, 1.807) is 30.3 Å². The summed E-state index contributed by atoms with van der Waals surface area (Å²) in [6, 6.07) is 4.64. The van der Waals surface area contributed by atoms with Gasteiger partial charge in [0.15, 0.2) is 5.82 Å². The Bertz CT molecular complexity index is 657. The van der Waals surface area contributed by atoms with Gasteiger partial charge in [-0.25, -0.2) is 9.67 Å². The second-order valence-electron chi connectivity index (χ2n) is 6.72. The van der Waals surface area contributed by atoms with Gasteiger partial charge in [-0.15, -0.1) is 11.3 Å². The molecule has 0 unspecified atom stereocenters. The van der Waals surface area contributed by atoms with Crippen molar-refractivity contribution in [2.24, 2.45) is 0 Å². The standard InChI is InChI=1S/C18H26N4OS/c1-21(2)18(23)11-10-17-19-16(13-15-9-6-12-24-15)20-22(17)14-7-4-3-5-8-14/h6,9,12,14H,3-5,7-8,10-11,13H2,1-2H3. The first-order valence-corrected chi connectivity index (χ1v) is 9.68. The van der Waals surface area contributed by atoms with Crippen LogP contribution in [0.15, 0.2) is 17.5 Å². The van der Waals surface area contributed by atoms with Gasteiger partial charge in [0.1, 0.15) is 5.82 Å². The largest absolute Gasteiger partial charge is 0.349 e. The molecule has 0 N–H and O–H groups in total. The van der Waals surface area contributed by atoms with Gasteiger partial charge in [-0.05, 0) is 24.3 Å². The average molecular weight is 347 g/mol. The van der Waals surface area contributed by atoms with Crippen molar-refractivity contribution in [2.45, 2.75) is 57.4 Å². The van der Waals surface area contributed by atoms with E-state index >= 15 is 0 Å². The van der Waals surface area contributed by atoms with Crippen molar-refractivity contribution in [3.63, 3.8) is 0 Å². The zero-order valence-corrected chi connectivity index (χ0v) is 15.4. The molecule has 0 aliphatic heterocycles. The first-order chi connectivity index (χ1) is 11.6. The molecule has 2 aromatic rings. The highest BCUT2D eigenvalue weighted by Crippen LogP contribution is 2.29. The van der Waals surface area contributed by atoms with E-state index in [0.717, 1.165) is 18.1 Å². The predicted octanol–water partition coefficient (Wildman–Crippen LogP) is 3.46. The van der Waals surface area contributed by atoms with Crippen LogP contribution >= 0.6 is 11.3 Å². The van der Waals surface area contributed by atoms with E-state index in [1.165, 1.54) is 37.0 Å². The molecule has 6 heteroatoms. The van der Waals surface area contributed by atoms with Crippen LogP contribution in [-0.4, -0.2) is 39.7 Å². The predicted molar refractivity (Wildman–Crippen MR) is 96.3 cm³/mol. The first-order valence-electron chi connectivity index (χ1n) is 8.80. The van der Waals surface area contributed by atoms with Crippen molar-refractivity contribution in [3.05, 3.63) is 34.0 Å². The van der Waals surface area contributed by atoms with Crippen LogP contribution in [0.5, 0.6) is 0 Å². The van der Waals surface area contributed by atoms with Crippen LogP contribution in [0.4, 0.5) is 0 Å². The molecule has 0 aromatic carbocycles. The third-order valence-electron chi connectivity index (χ3n) is 4.64. The maximum atomic E-state index is 11.9. The number of carbonyl (C=O) groups excluding carboxylic acids is 1. The van der Waals surface area contributed by atoms with E-state index in [4.69, 9.17) is 10.1 Å². The molecule has 130 valence electrons. The lowest BCUT2D eigenvalue weighted by atomic mass is 9.95. The zero-order valence-electron chi connectivity index (χ0n) is 14.6. The van der Waals surface area contributed by atoms with E-state index in [2.05, 4.69) is 22.2 Å². The molecular weight excluding hydrogens is 320 g/mol. The van der Waals surface area contributed by atoms with Crippen molar-refractivity contribution in [3.8, 4) is 0 Å². The van der Waals surface area contributed by atoms with E-state index in [-0.39, 0.29) is 5.91 Å². The molecular formula is C18H26N4OS. The Labute approximate surface area is 147 Å². The number of aryl methyl sites for hydroxylation is 1. The fraction of sp³-hybridized carbons (Fsp3) is 0.611. The van der Waals surface area contributed by atoms with Crippen LogP contribution in [0.2, 0.25) is 0 Å². The number of thiophene rings is 1. The molecule has 24 heavy (non-hydrogen) atoms. The minimum absolute atomic E-state index is 0.146.